The molecule has 6 atom stereocenters. The quantitative estimate of drug-likeness (QED) is 0.585. The minimum Gasteiger partial charge on any atom is -0.360 e. The molecule has 6 heteroatoms. The number of hydrogen-bond acceptors (Lipinski definition) is 4. The van der Waals surface area contributed by atoms with Gasteiger partial charge in [-0.05, 0) is 31.1 Å². The second kappa shape index (κ2) is 4.43. The van der Waals surface area contributed by atoms with Crippen molar-refractivity contribution in [3.05, 3.63) is 0 Å². The first-order valence-corrected chi connectivity index (χ1v) is 9.00. The summed E-state index contributed by atoms with van der Waals surface area (Å²) >= 11 is 3.52. The topological polar surface area (TPSA) is 52.6 Å². The van der Waals surface area contributed by atoms with Crippen molar-refractivity contribution in [1.82, 2.24) is 0 Å². The number of ether oxygens (including phenoxy) is 1. The molecule has 4 nitrogen and oxygen atoms in total. The summed E-state index contributed by atoms with van der Waals surface area (Å²) < 4.78 is 35.2. The van der Waals surface area contributed by atoms with Gasteiger partial charge in [0.25, 0.3) is 10.1 Å². The third-order valence-corrected chi connectivity index (χ3v) is 7.57. The lowest BCUT2D eigenvalue weighted by Crippen LogP contribution is -2.52. The van der Waals surface area contributed by atoms with Gasteiger partial charge >= 0.3 is 0 Å². The van der Waals surface area contributed by atoms with E-state index in [0.717, 1.165) is 12.8 Å². The predicted molar refractivity (Wildman–Crippen MR) is 70.8 cm³/mol. The highest BCUT2D eigenvalue weighted by molar-refractivity contribution is 9.09. The minimum absolute atomic E-state index is 0.0350. The molecule has 0 radical (unpaired) electrons. The maximum atomic E-state index is 11.9. The van der Waals surface area contributed by atoms with Gasteiger partial charge < -0.3 is 4.74 Å². The Hall–Kier alpha value is 0.350. The molecule has 0 aromatic carbocycles. The third-order valence-electron chi connectivity index (χ3n) is 4.52. The molecule has 1 saturated heterocycles. The van der Waals surface area contributed by atoms with Crippen LogP contribution in [0, 0.1) is 17.8 Å². The zero-order valence-electron chi connectivity index (χ0n) is 10.6. The van der Waals surface area contributed by atoms with E-state index >= 15 is 0 Å². The van der Waals surface area contributed by atoms with E-state index in [9.17, 15) is 8.42 Å². The molecular weight excluding hydrogens is 320 g/mol. The van der Waals surface area contributed by atoms with Gasteiger partial charge in [0.15, 0.2) is 0 Å². The van der Waals surface area contributed by atoms with Crippen LogP contribution >= 0.6 is 15.9 Å². The Balaban J connectivity index is 1.82. The average molecular weight is 339 g/mol. The van der Waals surface area contributed by atoms with E-state index in [4.69, 9.17) is 8.92 Å². The maximum absolute atomic E-state index is 11.9. The SMILES string of the molecule is CC(C)C(Br)OC1C2CCC3C1OS(=O)(=O)C3C2. The van der Waals surface area contributed by atoms with E-state index in [1.807, 2.05) is 0 Å². The average Bonchev–Trinajstić information content (AvgIpc) is 2.53. The van der Waals surface area contributed by atoms with Crippen LogP contribution in [0.2, 0.25) is 0 Å². The highest BCUT2D eigenvalue weighted by Gasteiger charge is 2.61. The van der Waals surface area contributed by atoms with E-state index in [1.54, 1.807) is 0 Å². The van der Waals surface area contributed by atoms with Crippen molar-refractivity contribution in [3.63, 3.8) is 0 Å². The Morgan fingerprint density at radius 3 is 2.72 bits per heavy atom. The third kappa shape index (κ3) is 1.96. The van der Waals surface area contributed by atoms with Crippen LogP contribution in [0.15, 0.2) is 0 Å². The molecule has 4 rings (SSSR count). The molecule has 0 aromatic heterocycles. The smallest absolute Gasteiger partial charge is 0.270 e. The summed E-state index contributed by atoms with van der Waals surface area (Å²) in [5.41, 5.74) is 0. The van der Waals surface area contributed by atoms with E-state index in [0.29, 0.717) is 18.3 Å². The maximum Gasteiger partial charge on any atom is 0.270 e. The van der Waals surface area contributed by atoms with Crippen molar-refractivity contribution < 1.29 is 17.3 Å². The van der Waals surface area contributed by atoms with Crippen LogP contribution in [0.1, 0.15) is 33.1 Å². The van der Waals surface area contributed by atoms with Crippen molar-refractivity contribution in [2.24, 2.45) is 17.8 Å². The van der Waals surface area contributed by atoms with Crippen molar-refractivity contribution in [1.29, 1.82) is 0 Å². The van der Waals surface area contributed by atoms with Crippen LogP contribution in [0.25, 0.3) is 0 Å². The largest absolute Gasteiger partial charge is 0.360 e. The molecule has 0 aromatic rings. The zero-order valence-corrected chi connectivity index (χ0v) is 13.0. The number of fused-ring (bicyclic) bond motifs is 1. The summed E-state index contributed by atoms with van der Waals surface area (Å²) in [6, 6.07) is 0. The van der Waals surface area contributed by atoms with Gasteiger partial charge in [0.1, 0.15) is 11.1 Å². The molecule has 0 amide bonds. The highest BCUT2D eigenvalue weighted by atomic mass is 79.9. The normalized spacial score (nSPS) is 46.6. The van der Waals surface area contributed by atoms with Gasteiger partial charge in [-0.25, -0.2) is 0 Å². The predicted octanol–water partition coefficient (Wildman–Crippen LogP) is 2.28. The Morgan fingerprint density at radius 2 is 2.06 bits per heavy atom. The molecule has 1 aliphatic heterocycles. The number of alkyl halides is 1. The summed E-state index contributed by atoms with van der Waals surface area (Å²) in [6.45, 7) is 4.16. The summed E-state index contributed by atoms with van der Waals surface area (Å²) in [5, 5.41) is -0.305. The first-order chi connectivity index (χ1) is 8.40. The van der Waals surface area contributed by atoms with Crippen LogP contribution in [-0.4, -0.2) is 30.9 Å². The first kappa shape index (κ1) is 13.3. The number of hydrogen-bond donors (Lipinski definition) is 0. The molecule has 4 fully saturated rings. The summed E-state index contributed by atoms with van der Waals surface area (Å²) in [5.74, 6) is 0.845. The van der Waals surface area contributed by atoms with E-state index < -0.39 is 10.1 Å². The second-order valence-electron chi connectivity index (χ2n) is 6.02. The Kier molecular flexibility index (Phi) is 3.28. The lowest BCUT2D eigenvalue weighted by atomic mass is 9.67. The van der Waals surface area contributed by atoms with Gasteiger partial charge in [-0.2, -0.15) is 8.42 Å². The monoisotopic (exact) mass is 338 g/mol. The van der Waals surface area contributed by atoms with E-state index in [-0.39, 0.29) is 28.4 Å². The molecule has 4 bridgehead atoms. The standard InChI is InChI=1S/C12H19BrO4S/c1-6(2)12(13)16-10-7-3-4-8-9(5-7)18(14,15)17-11(8)10/h6-12H,3-5H2,1-2H3. The molecule has 104 valence electrons. The molecule has 3 saturated carbocycles. The van der Waals surface area contributed by atoms with E-state index in [1.165, 1.54) is 0 Å². The van der Waals surface area contributed by atoms with Gasteiger partial charge in [0.2, 0.25) is 0 Å². The van der Waals surface area contributed by atoms with Crippen LogP contribution in [0.3, 0.4) is 0 Å². The van der Waals surface area contributed by atoms with Gasteiger partial charge in [0.05, 0.1) is 11.4 Å². The molecule has 0 N–H and O–H groups in total. The zero-order chi connectivity index (χ0) is 13.1. The molecular formula is C12H19BrO4S. The second-order valence-corrected chi connectivity index (χ2v) is 8.71. The molecule has 3 aliphatic carbocycles. The molecule has 6 unspecified atom stereocenters. The summed E-state index contributed by atoms with van der Waals surface area (Å²) in [6.07, 6.45) is 2.44. The fourth-order valence-electron chi connectivity index (χ4n) is 3.55. The summed E-state index contributed by atoms with van der Waals surface area (Å²) in [4.78, 5) is 0. The van der Waals surface area contributed by atoms with Crippen LogP contribution in [0.5, 0.6) is 0 Å². The van der Waals surface area contributed by atoms with Gasteiger partial charge in [0, 0.05) is 5.92 Å². The molecule has 4 aliphatic rings. The fraction of sp³-hybridized carbons (Fsp3) is 1.00. The number of halogens is 1. The Labute approximate surface area is 117 Å². The molecule has 18 heavy (non-hydrogen) atoms. The lowest BCUT2D eigenvalue weighted by Gasteiger charge is -2.45. The summed E-state index contributed by atoms with van der Waals surface area (Å²) in [7, 11) is -3.34. The molecule has 1 heterocycles. The van der Waals surface area contributed by atoms with Crippen molar-refractivity contribution >= 4 is 26.0 Å². The lowest BCUT2D eigenvalue weighted by molar-refractivity contribution is -0.122. The van der Waals surface area contributed by atoms with Crippen LogP contribution in [-0.2, 0) is 19.0 Å². The van der Waals surface area contributed by atoms with Crippen molar-refractivity contribution in [2.45, 2.75) is 55.6 Å². The van der Waals surface area contributed by atoms with Crippen LogP contribution in [0.4, 0.5) is 0 Å². The Morgan fingerprint density at radius 1 is 1.33 bits per heavy atom. The van der Waals surface area contributed by atoms with Gasteiger partial charge in [-0.1, -0.05) is 29.8 Å². The number of rotatable bonds is 3. The highest BCUT2D eigenvalue weighted by Crippen LogP contribution is 2.52. The van der Waals surface area contributed by atoms with Crippen molar-refractivity contribution in [2.75, 3.05) is 0 Å². The molecule has 0 spiro atoms. The first-order valence-electron chi connectivity index (χ1n) is 6.62. The minimum atomic E-state index is -3.34. The van der Waals surface area contributed by atoms with Crippen molar-refractivity contribution in [3.8, 4) is 0 Å². The Bertz CT molecular complexity index is 435. The fourth-order valence-corrected chi connectivity index (χ4v) is 5.71. The van der Waals surface area contributed by atoms with E-state index in [2.05, 4.69) is 29.8 Å². The van der Waals surface area contributed by atoms with Gasteiger partial charge in [-0.15, -0.1) is 0 Å². The van der Waals surface area contributed by atoms with Crippen LogP contribution < -0.4 is 0 Å². The van der Waals surface area contributed by atoms with Gasteiger partial charge in [-0.3, -0.25) is 4.18 Å².